The van der Waals surface area contributed by atoms with E-state index >= 15 is 0 Å². The lowest BCUT2D eigenvalue weighted by atomic mass is 10.2. The molecule has 5 heteroatoms. The van der Waals surface area contributed by atoms with Crippen LogP contribution in [0.5, 0.6) is 0 Å². The molecule has 0 saturated carbocycles. The minimum Gasteiger partial charge on any atom is -0.451 e. The molecule has 0 aliphatic carbocycles. The smallest absolute Gasteiger partial charge is 0.289 e. The number of fused-ring (bicyclic) bond motifs is 1. The van der Waals surface area contributed by atoms with Gasteiger partial charge >= 0.3 is 0 Å². The van der Waals surface area contributed by atoms with Crippen LogP contribution in [0.1, 0.15) is 16.1 Å². The molecule has 1 fully saturated rings. The van der Waals surface area contributed by atoms with Crippen molar-refractivity contribution in [2.24, 2.45) is 0 Å². The number of carbonyl (C=O) groups excluding carboxylic acids is 1. The van der Waals surface area contributed by atoms with Gasteiger partial charge in [0.2, 0.25) is 0 Å². The first-order chi connectivity index (χ1) is 13.7. The van der Waals surface area contributed by atoms with Gasteiger partial charge in [0.25, 0.3) is 5.91 Å². The van der Waals surface area contributed by atoms with Crippen molar-refractivity contribution < 1.29 is 9.21 Å². The first-order valence-electron chi connectivity index (χ1n) is 9.47. The molecule has 1 aromatic heterocycles. The van der Waals surface area contributed by atoms with Gasteiger partial charge in [-0.1, -0.05) is 54.6 Å². The number of piperazine rings is 1. The van der Waals surface area contributed by atoms with E-state index in [1.54, 1.807) is 29.2 Å². The second-order valence-electron chi connectivity index (χ2n) is 6.88. The zero-order valence-electron chi connectivity index (χ0n) is 15.6. The van der Waals surface area contributed by atoms with E-state index in [0.29, 0.717) is 24.1 Å². The van der Waals surface area contributed by atoms with Crippen LogP contribution in [-0.2, 0) is 0 Å². The highest BCUT2D eigenvalue weighted by molar-refractivity contribution is 5.93. The molecule has 2 aromatic carbocycles. The summed E-state index contributed by atoms with van der Waals surface area (Å²) in [6.07, 6.45) is 4.26. The van der Waals surface area contributed by atoms with Crippen molar-refractivity contribution in [3.8, 4) is 0 Å². The SMILES string of the molecule is O=C(c1cc(=O)c2ccccc2o1)N1CCN(CC=Cc2ccccc2)CC1. The summed E-state index contributed by atoms with van der Waals surface area (Å²) in [4.78, 5) is 29.0. The van der Waals surface area contributed by atoms with E-state index < -0.39 is 0 Å². The topological polar surface area (TPSA) is 53.8 Å². The largest absolute Gasteiger partial charge is 0.451 e. The summed E-state index contributed by atoms with van der Waals surface area (Å²) in [5, 5.41) is 0.495. The second-order valence-corrected chi connectivity index (χ2v) is 6.88. The molecule has 0 radical (unpaired) electrons. The lowest BCUT2D eigenvalue weighted by molar-refractivity contribution is 0.0619. The van der Waals surface area contributed by atoms with Crippen molar-refractivity contribution in [1.29, 1.82) is 0 Å². The molecular weight excluding hydrogens is 352 g/mol. The summed E-state index contributed by atoms with van der Waals surface area (Å²) >= 11 is 0. The fourth-order valence-corrected chi connectivity index (χ4v) is 3.40. The summed E-state index contributed by atoms with van der Waals surface area (Å²) in [6, 6.07) is 18.5. The van der Waals surface area contributed by atoms with Crippen molar-refractivity contribution in [2.45, 2.75) is 0 Å². The maximum absolute atomic E-state index is 12.8. The van der Waals surface area contributed by atoms with Gasteiger partial charge in [0, 0.05) is 38.8 Å². The average molecular weight is 374 g/mol. The fraction of sp³-hybridized carbons (Fsp3) is 0.217. The number of para-hydroxylation sites is 1. The fourth-order valence-electron chi connectivity index (χ4n) is 3.40. The Hall–Kier alpha value is -3.18. The molecule has 142 valence electrons. The first kappa shape index (κ1) is 18.2. The number of rotatable bonds is 4. The van der Waals surface area contributed by atoms with Crippen molar-refractivity contribution in [2.75, 3.05) is 32.7 Å². The number of amides is 1. The van der Waals surface area contributed by atoms with E-state index in [0.717, 1.165) is 19.6 Å². The lowest BCUT2D eigenvalue weighted by Crippen LogP contribution is -2.48. The first-order valence-corrected chi connectivity index (χ1v) is 9.47. The van der Waals surface area contributed by atoms with Gasteiger partial charge in [-0.15, -0.1) is 0 Å². The van der Waals surface area contributed by atoms with Gasteiger partial charge in [-0.05, 0) is 17.7 Å². The lowest BCUT2D eigenvalue weighted by Gasteiger charge is -2.33. The van der Waals surface area contributed by atoms with Crippen molar-refractivity contribution in [3.63, 3.8) is 0 Å². The number of benzene rings is 2. The molecule has 0 bridgehead atoms. The number of carbonyl (C=O) groups is 1. The molecule has 28 heavy (non-hydrogen) atoms. The van der Waals surface area contributed by atoms with Crippen LogP contribution in [0.4, 0.5) is 0 Å². The van der Waals surface area contributed by atoms with Gasteiger partial charge in [-0.25, -0.2) is 0 Å². The third kappa shape index (κ3) is 4.05. The average Bonchev–Trinajstić information content (AvgIpc) is 2.74. The maximum atomic E-state index is 12.8. The zero-order chi connectivity index (χ0) is 19.3. The number of nitrogens with zero attached hydrogens (tertiary/aromatic N) is 2. The van der Waals surface area contributed by atoms with Crippen LogP contribution in [0.25, 0.3) is 17.0 Å². The molecule has 0 N–H and O–H groups in total. The van der Waals surface area contributed by atoms with Crippen LogP contribution >= 0.6 is 0 Å². The van der Waals surface area contributed by atoms with Crippen LogP contribution in [0.2, 0.25) is 0 Å². The van der Waals surface area contributed by atoms with E-state index in [1.165, 1.54) is 11.6 Å². The van der Waals surface area contributed by atoms with Crippen LogP contribution in [-0.4, -0.2) is 48.4 Å². The Morgan fingerprint density at radius 1 is 0.964 bits per heavy atom. The predicted molar refractivity (Wildman–Crippen MR) is 110 cm³/mol. The number of hydrogen-bond acceptors (Lipinski definition) is 4. The van der Waals surface area contributed by atoms with E-state index in [1.807, 2.05) is 18.2 Å². The van der Waals surface area contributed by atoms with Crippen LogP contribution in [0.3, 0.4) is 0 Å². The van der Waals surface area contributed by atoms with E-state index in [-0.39, 0.29) is 17.1 Å². The normalized spacial score (nSPS) is 15.4. The third-order valence-electron chi connectivity index (χ3n) is 4.98. The van der Waals surface area contributed by atoms with Crippen LogP contribution < -0.4 is 5.43 Å². The molecule has 1 aliphatic rings. The van der Waals surface area contributed by atoms with Crippen molar-refractivity contribution in [3.05, 3.63) is 88.3 Å². The van der Waals surface area contributed by atoms with Gasteiger partial charge in [0.1, 0.15) is 5.58 Å². The Morgan fingerprint density at radius 3 is 2.46 bits per heavy atom. The number of hydrogen-bond donors (Lipinski definition) is 0. The molecule has 0 atom stereocenters. The molecule has 1 saturated heterocycles. The highest BCUT2D eigenvalue weighted by atomic mass is 16.3. The minimum atomic E-state index is -0.220. The molecule has 0 spiro atoms. The Bertz CT molecular complexity index is 1050. The molecule has 0 unspecified atom stereocenters. The molecule has 5 nitrogen and oxygen atoms in total. The summed E-state index contributed by atoms with van der Waals surface area (Å²) in [5.74, 6) is -0.108. The van der Waals surface area contributed by atoms with Crippen LogP contribution in [0.15, 0.2) is 76.0 Å². The Kier molecular flexibility index (Phi) is 5.35. The third-order valence-corrected chi connectivity index (χ3v) is 4.98. The standard InChI is InChI=1S/C23H22N2O3/c26-20-17-22(28-21-11-5-4-10-19(20)21)23(27)25-15-13-24(14-16-25)12-6-9-18-7-2-1-3-8-18/h1-11,17H,12-16H2. The predicted octanol–water partition coefficient (Wildman–Crippen LogP) is 3.26. The quantitative estimate of drug-likeness (QED) is 0.703. The highest BCUT2D eigenvalue weighted by Crippen LogP contribution is 2.14. The summed E-state index contributed by atoms with van der Waals surface area (Å²) < 4.78 is 5.68. The maximum Gasteiger partial charge on any atom is 0.289 e. The Labute approximate surface area is 163 Å². The summed E-state index contributed by atoms with van der Waals surface area (Å²) in [7, 11) is 0. The Balaban J connectivity index is 1.36. The van der Waals surface area contributed by atoms with E-state index in [2.05, 4.69) is 29.2 Å². The Morgan fingerprint density at radius 2 is 1.68 bits per heavy atom. The monoisotopic (exact) mass is 374 g/mol. The molecule has 3 aromatic rings. The van der Waals surface area contributed by atoms with Gasteiger partial charge in [-0.3, -0.25) is 14.5 Å². The molecule has 2 heterocycles. The molecule has 1 aliphatic heterocycles. The van der Waals surface area contributed by atoms with Gasteiger partial charge in [0.15, 0.2) is 11.2 Å². The highest BCUT2D eigenvalue weighted by Gasteiger charge is 2.24. The van der Waals surface area contributed by atoms with E-state index in [9.17, 15) is 9.59 Å². The zero-order valence-corrected chi connectivity index (χ0v) is 15.6. The summed E-state index contributed by atoms with van der Waals surface area (Å²) in [5.41, 5.74) is 1.44. The van der Waals surface area contributed by atoms with Crippen LogP contribution in [0, 0.1) is 0 Å². The molecule has 1 amide bonds. The van der Waals surface area contributed by atoms with Gasteiger partial charge < -0.3 is 9.32 Å². The van der Waals surface area contributed by atoms with Crippen molar-refractivity contribution >= 4 is 23.0 Å². The summed E-state index contributed by atoms with van der Waals surface area (Å²) in [6.45, 7) is 3.68. The van der Waals surface area contributed by atoms with Gasteiger partial charge in [0.05, 0.1) is 5.39 Å². The second kappa shape index (κ2) is 8.23. The van der Waals surface area contributed by atoms with Crippen molar-refractivity contribution in [1.82, 2.24) is 9.80 Å². The molecule has 4 rings (SSSR count). The van der Waals surface area contributed by atoms with Gasteiger partial charge in [-0.2, -0.15) is 0 Å². The van der Waals surface area contributed by atoms with E-state index in [4.69, 9.17) is 4.42 Å². The molecular formula is C23H22N2O3. The minimum absolute atomic E-state index is 0.112.